The summed E-state index contributed by atoms with van der Waals surface area (Å²) in [6, 6.07) is -0.883. The zero-order chi connectivity index (χ0) is 23.4. The molecule has 178 valence electrons. The van der Waals surface area contributed by atoms with E-state index in [9.17, 15) is 34.8 Å². The Hall–Kier alpha value is -2.45. The third-order valence-corrected chi connectivity index (χ3v) is 4.88. The van der Waals surface area contributed by atoms with Crippen LogP contribution in [0, 0.1) is 0 Å². The fourth-order valence-corrected chi connectivity index (χ4v) is 3.21. The lowest BCUT2D eigenvalue weighted by Crippen LogP contribution is -2.50. The lowest BCUT2D eigenvalue weighted by Gasteiger charge is -2.35. The van der Waals surface area contributed by atoms with Crippen molar-refractivity contribution >= 4 is 17.9 Å². The molecule has 0 saturated heterocycles. The number of carboxylic acids is 3. The number of aliphatic hydroxyl groups excluding tert-OH is 3. The molecule has 0 aliphatic carbocycles. The van der Waals surface area contributed by atoms with Crippen LogP contribution in [0.4, 0.5) is 0 Å². The molecule has 1 heterocycles. The molecule has 0 spiro atoms. The summed E-state index contributed by atoms with van der Waals surface area (Å²) in [6.07, 6.45) is 1.67. The Kier molecular flexibility index (Phi) is 11.8. The topological polar surface area (TPSA) is 186 Å². The normalized spacial score (nSPS) is 20.4. The maximum atomic E-state index is 11.2. The van der Waals surface area contributed by atoms with Crippen LogP contribution in [-0.4, -0.2) is 152 Å². The smallest absolute Gasteiger partial charge is 0.323 e. The Morgan fingerprint density at radius 3 is 1.65 bits per heavy atom. The molecule has 1 rings (SSSR count). The molecule has 0 aromatic carbocycles. The third kappa shape index (κ3) is 10.4. The number of rotatable bonds is 10. The third-order valence-electron chi connectivity index (χ3n) is 4.88. The summed E-state index contributed by atoms with van der Waals surface area (Å²) in [4.78, 5) is 39.8. The second kappa shape index (κ2) is 13.8. The van der Waals surface area contributed by atoms with E-state index < -0.39 is 43.3 Å². The van der Waals surface area contributed by atoms with Gasteiger partial charge in [0, 0.05) is 51.7 Å². The van der Waals surface area contributed by atoms with Gasteiger partial charge >= 0.3 is 17.9 Å². The molecule has 2 atom stereocenters. The maximum absolute atomic E-state index is 11.2. The average Bonchev–Trinajstić information content (AvgIpc) is 2.68. The fourth-order valence-electron chi connectivity index (χ4n) is 3.21. The van der Waals surface area contributed by atoms with Gasteiger partial charge in [0.25, 0.3) is 0 Å². The van der Waals surface area contributed by atoms with E-state index >= 15 is 0 Å². The largest absolute Gasteiger partial charge is 0.480 e. The van der Waals surface area contributed by atoms with Crippen LogP contribution in [-0.2, 0) is 14.4 Å². The van der Waals surface area contributed by atoms with Crippen molar-refractivity contribution in [2.75, 3.05) is 72.1 Å². The first kappa shape index (κ1) is 26.6. The predicted octanol–water partition coefficient (Wildman–Crippen LogP) is -3.35. The highest BCUT2D eigenvalue weighted by Gasteiger charge is 2.25. The maximum Gasteiger partial charge on any atom is 0.323 e. The summed E-state index contributed by atoms with van der Waals surface area (Å²) >= 11 is 0. The minimum atomic E-state index is -1.27. The standard InChI is InChI=1S/C18H32N4O9/c23-12-14(15(25)13-24)22-7-5-20(10-17(28)29)3-1-19(9-16(26)27)2-4-21(6-8-22)11-18(30)31/h5,7,14-15,23-25H,1-4,6,8-13H2,(H,26,27)(H,28,29)(H,30,31)/b7-5-. The minimum Gasteiger partial charge on any atom is -0.480 e. The summed E-state index contributed by atoms with van der Waals surface area (Å²) in [5.41, 5.74) is 0. The summed E-state index contributed by atoms with van der Waals surface area (Å²) in [5.74, 6) is -3.19. The van der Waals surface area contributed by atoms with E-state index in [2.05, 4.69) is 0 Å². The van der Waals surface area contributed by atoms with Crippen LogP contribution in [0.3, 0.4) is 0 Å². The molecule has 31 heavy (non-hydrogen) atoms. The molecule has 6 N–H and O–H groups in total. The van der Waals surface area contributed by atoms with E-state index in [-0.39, 0.29) is 58.9 Å². The quantitative estimate of drug-likeness (QED) is 0.195. The first-order valence-electron chi connectivity index (χ1n) is 9.84. The second-order valence-corrected chi connectivity index (χ2v) is 7.24. The number of hydrogen-bond donors (Lipinski definition) is 6. The van der Waals surface area contributed by atoms with Crippen molar-refractivity contribution in [3.8, 4) is 0 Å². The van der Waals surface area contributed by atoms with Gasteiger partial charge < -0.3 is 40.4 Å². The van der Waals surface area contributed by atoms with Gasteiger partial charge in [0.15, 0.2) is 0 Å². The zero-order valence-electron chi connectivity index (χ0n) is 17.3. The first-order valence-corrected chi connectivity index (χ1v) is 9.84. The molecule has 0 saturated carbocycles. The Labute approximate surface area is 180 Å². The number of carbonyl (C=O) groups is 3. The van der Waals surface area contributed by atoms with Crippen molar-refractivity contribution in [2.45, 2.75) is 12.1 Å². The highest BCUT2D eigenvalue weighted by Crippen LogP contribution is 2.09. The second-order valence-electron chi connectivity index (χ2n) is 7.24. The van der Waals surface area contributed by atoms with Crippen LogP contribution in [0.1, 0.15) is 0 Å². The van der Waals surface area contributed by atoms with E-state index in [4.69, 9.17) is 10.2 Å². The fraction of sp³-hybridized carbons (Fsp3) is 0.722. The van der Waals surface area contributed by atoms with Gasteiger partial charge in [-0.1, -0.05) is 0 Å². The van der Waals surface area contributed by atoms with Gasteiger partial charge in [-0.2, -0.15) is 0 Å². The van der Waals surface area contributed by atoms with Gasteiger partial charge in [0.05, 0.1) is 38.4 Å². The Morgan fingerprint density at radius 2 is 1.19 bits per heavy atom. The van der Waals surface area contributed by atoms with Gasteiger partial charge in [-0.3, -0.25) is 24.2 Å². The van der Waals surface area contributed by atoms with Crippen molar-refractivity contribution in [2.24, 2.45) is 0 Å². The summed E-state index contributed by atoms with van der Waals surface area (Å²) in [6.45, 7) is -0.672. The van der Waals surface area contributed by atoms with Crippen LogP contribution < -0.4 is 0 Å². The molecule has 1 aliphatic rings. The van der Waals surface area contributed by atoms with E-state index in [0.29, 0.717) is 0 Å². The summed E-state index contributed by atoms with van der Waals surface area (Å²) in [5, 5.41) is 56.5. The highest BCUT2D eigenvalue weighted by atomic mass is 16.4. The molecule has 0 radical (unpaired) electrons. The average molecular weight is 448 g/mol. The molecule has 13 heteroatoms. The molecule has 0 amide bonds. The Morgan fingerprint density at radius 1 is 0.710 bits per heavy atom. The van der Waals surface area contributed by atoms with Crippen molar-refractivity contribution in [3.05, 3.63) is 12.4 Å². The van der Waals surface area contributed by atoms with Gasteiger partial charge in [0.2, 0.25) is 0 Å². The van der Waals surface area contributed by atoms with Crippen LogP contribution in [0.5, 0.6) is 0 Å². The molecular formula is C18H32N4O9. The molecule has 1 aliphatic heterocycles. The Bertz CT molecular complexity index is 619. The molecule has 0 fully saturated rings. The SMILES string of the molecule is O=C(O)CN1/C=C\N(C(CO)C(O)CO)CCN(CC(=O)O)CCN(CC(=O)O)CC1. The minimum absolute atomic E-state index is 0.173. The molecule has 2 unspecified atom stereocenters. The number of aliphatic carboxylic acids is 3. The van der Waals surface area contributed by atoms with Gasteiger partial charge in [-0.15, -0.1) is 0 Å². The number of hydrogen-bond acceptors (Lipinski definition) is 10. The van der Waals surface area contributed by atoms with Crippen LogP contribution in [0.25, 0.3) is 0 Å². The van der Waals surface area contributed by atoms with Crippen LogP contribution in [0.2, 0.25) is 0 Å². The van der Waals surface area contributed by atoms with Crippen molar-refractivity contribution in [3.63, 3.8) is 0 Å². The van der Waals surface area contributed by atoms with Crippen molar-refractivity contribution in [1.29, 1.82) is 0 Å². The lowest BCUT2D eigenvalue weighted by atomic mass is 10.1. The number of nitrogens with zero attached hydrogens (tertiary/aromatic N) is 4. The van der Waals surface area contributed by atoms with Crippen LogP contribution >= 0.6 is 0 Å². The van der Waals surface area contributed by atoms with E-state index in [1.165, 1.54) is 22.2 Å². The Balaban J connectivity index is 3.16. The first-order chi connectivity index (χ1) is 14.7. The van der Waals surface area contributed by atoms with Gasteiger partial charge in [-0.25, -0.2) is 0 Å². The summed E-state index contributed by atoms with van der Waals surface area (Å²) in [7, 11) is 0. The molecule has 0 bridgehead atoms. The van der Waals surface area contributed by atoms with Crippen molar-refractivity contribution in [1.82, 2.24) is 19.6 Å². The van der Waals surface area contributed by atoms with Crippen LogP contribution in [0.15, 0.2) is 12.4 Å². The zero-order valence-corrected chi connectivity index (χ0v) is 17.3. The number of carboxylic acid groups (broad SMARTS) is 3. The molecule has 0 aromatic rings. The monoisotopic (exact) mass is 448 g/mol. The molecule has 13 nitrogen and oxygen atoms in total. The lowest BCUT2D eigenvalue weighted by molar-refractivity contribution is -0.140. The molecular weight excluding hydrogens is 416 g/mol. The highest BCUT2D eigenvalue weighted by molar-refractivity contribution is 5.70. The van der Waals surface area contributed by atoms with E-state index in [0.717, 1.165) is 0 Å². The predicted molar refractivity (Wildman–Crippen MR) is 107 cm³/mol. The van der Waals surface area contributed by atoms with Gasteiger partial charge in [0.1, 0.15) is 6.54 Å². The van der Waals surface area contributed by atoms with Gasteiger partial charge in [-0.05, 0) is 0 Å². The van der Waals surface area contributed by atoms with E-state index in [1.54, 1.807) is 9.80 Å². The van der Waals surface area contributed by atoms with Crippen molar-refractivity contribution < 1.29 is 45.0 Å². The summed E-state index contributed by atoms with van der Waals surface area (Å²) < 4.78 is 0. The molecule has 0 aromatic heterocycles. The van der Waals surface area contributed by atoms with E-state index in [1.807, 2.05) is 0 Å². The number of aliphatic hydroxyl groups is 3.